The quantitative estimate of drug-likeness (QED) is 0.0415. The van der Waals surface area contributed by atoms with Crippen LogP contribution in [0.5, 0.6) is 0 Å². The summed E-state index contributed by atoms with van der Waals surface area (Å²) in [6.07, 6.45) is -80.3. The topological polar surface area (TPSA) is 128 Å². The van der Waals surface area contributed by atoms with Crippen molar-refractivity contribution in [3.8, 4) is 0 Å². The number of hydrogen-bond donors (Lipinski definition) is 1. The molecule has 0 aromatic rings. The zero-order valence-corrected chi connectivity index (χ0v) is 29.6. The number of hydrogen-bond acceptors (Lipinski definition) is 10. The highest BCUT2D eigenvalue weighted by atomic mass is 19.4. The number of ether oxygens (including phenoxy) is 7. The van der Waals surface area contributed by atoms with Crippen LogP contribution in [0.2, 0.25) is 0 Å². The summed E-state index contributed by atoms with van der Waals surface area (Å²) in [5.74, 6) is -40.0. The lowest BCUT2D eigenvalue weighted by Gasteiger charge is -2.44. The minimum absolute atomic E-state index is 0.155. The number of nitrogens with one attached hydrogen (secondary N) is 1. The number of esters is 2. The van der Waals surface area contributed by atoms with Crippen molar-refractivity contribution in [3.63, 3.8) is 0 Å². The molecule has 0 bridgehead atoms. The maximum atomic E-state index is 14.9. The van der Waals surface area contributed by atoms with E-state index in [1.807, 2.05) is 0 Å². The van der Waals surface area contributed by atoms with E-state index in [1.54, 1.807) is 10.1 Å². The minimum atomic E-state index is -9.24. The number of carbonyl (C=O) groups excluding carboxylic acids is 3. The van der Waals surface area contributed by atoms with E-state index in [0.717, 1.165) is 9.47 Å². The Morgan fingerprint density at radius 2 is 0.859 bits per heavy atom. The summed E-state index contributed by atoms with van der Waals surface area (Å²) < 4.78 is 402. The van der Waals surface area contributed by atoms with Crippen LogP contribution in [0, 0.1) is 0 Å². The van der Waals surface area contributed by atoms with Gasteiger partial charge in [-0.3, -0.25) is 18.9 Å². The molecule has 0 radical (unpaired) electrons. The molecule has 0 aliphatic carbocycles. The van der Waals surface area contributed by atoms with Crippen LogP contribution in [0.4, 0.5) is 128 Å². The number of alkyl carbamates (subject to hydrolysis) is 1. The standard InChI is InChI=1S/C25H17F28NO10/c1-4-9(55)58-6-5-54-11(57)59-7-8(2)60-10(56)13(27,18(34,35)36)61-23(48,49)14(28,19(37,38)39)63-25(52,53)16(30,21(43,44)45)64-24(50,51)15(29,20(40,41)42)62-22(46,47)12(3,26)17(31,32)33/h4,8H,1,5-7H2,2-3H3,(H,54,57). The van der Waals surface area contributed by atoms with Crippen LogP contribution in [0.15, 0.2) is 12.7 Å². The van der Waals surface area contributed by atoms with Crippen LogP contribution in [0.25, 0.3) is 0 Å². The van der Waals surface area contributed by atoms with E-state index in [4.69, 9.17) is 0 Å². The van der Waals surface area contributed by atoms with E-state index >= 15 is 0 Å². The molecule has 0 aliphatic rings. The summed E-state index contributed by atoms with van der Waals surface area (Å²) >= 11 is 0. The lowest BCUT2D eigenvalue weighted by molar-refractivity contribution is -0.590. The summed E-state index contributed by atoms with van der Waals surface area (Å²) in [7, 11) is 0. The van der Waals surface area contributed by atoms with Crippen molar-refractivity contribution in [2.45, 2.75) is 104 Å². The summed E-state index contributed by atoms with van der Waals surface area (Å²) in [4.78, 5) is 34.2. The van der Waals surface area contributed by atoms with Gasteiger partial charge in [0.15, 0.2) is 0 Å². The van der Waals surface area contributed by atoms with Crippen LogP contribution in [-0.2, 0) is 42.7 Å². The largest absolute Gasteiger partial charge is 0.461 e. The Labute approximate surface area is 331 Å². The van der Waals surface area contributed by atoms with Crippen molar-refractivity contribution in [3.05, 3.63) is 12.7 Å². The molecule has 0 heterocycles. The highest BCUT2D eigenvalue weighted by molar-refractivity contribution is 5.81. The zero-order chi connectivity index (χ0) is 51.8. The molecule has 0 saturated heterocycles. The zero-order valence-electron chi connectivity index (χ0n) is 29.6. The molecule has 1 amide bonds. The van der Waals surface area contributed by atoms with Gasteiger partial charge in [0.25, 0.3) is 5.67 Å². The van der Waals surface area contributed by atoms with Gasteiger partial charge >= 0.3 is 96.8 Å². The van der Waals surface area contributed by atoms with Crippen molar-refractivity contribution < 1.29 is 170 Å². The number of alkyl halides is 28. The fourth-order valence-corrected chi connectivity index (χ4v) is 3.13. The van der Waals surface area contributed by atoms with Gasteiger partial charge in [0.2, 0.25) is 0 Å². The molecule has 6 atom stereocenters. The Morgan fingerprint density at radius 3 is 1.17 bits per heavy atom. The second-order valence-corrected chi connectivity index (χ2v) is 11.5. The Morgan fingerprint density at radius 1 is 0.516 bits per heavy atom. The highest BCUT2D eigenvalue weighted by Crippen LogP contribution is 2.61. The molecule has 0 rings (SSSR count). The van der Waals surface area contributed by atoms with Crippen molar-refractivity contribution in [2.24, 2.45) is 0 Å². The van der Waals surface area contributed by atoms with Crippen molar-refractivity contribution in [1.82, 2.24) is 5.32 Å². The van der Waals surface area contributed by atoms with Crippen molar-refractivity contribution >= 4 is 18.0 Å². The molecular weight excluding hydrogens is 1010 g/mol. The summed E-state index contributed by atoms with van der Waals surface area (Å²) in [5.41, 5.74) is -6.96. The molecule has 64 heavy (non-hydrogen) atoms. The monoisotopic (exact) mass is 1020 g/mol. The molecule has 0 aromatic heterocycles. The smallest absolute Gasteiger partial charge is 0.460 e. The van der Waals surface area contributed by atoms with E-state index in [9.17, 15) is 137 Å². The summed E-state index contributed by atoms with van der Waals surface area (Å²) in [6.45, 7) is -1.70. The van der Waals surface area contributed by atoms with E-state index in [-0.39, 0.29) is 6.92 Å². The van der Waals surface area contributed by atoms with Gasteiger partial charge in [0.1, 0.15) is 19.3 Å². The molecule has 0 spiro atoms. The van der Waals surface area contributed by atoms with Gasteiger partial charge in [-0.05, 0) is 13.8 Å². The first-order chi connectivity index (χ1) is 27.7. The van der Waals surface area contributed by atoms with E-state index in [1.165, 1.54) is 4.74 Å². The van der Waals surface area contributed by atoms with Gasteiger partial charge in [-0.15, -0.1) is 0 Å². The third-order valence-electron chi connectivity index (χ3n) is 6.54. The summed E-state index contributed by atoms with van der Waals surface area (Å²) in [5, 5.41) is 1.65. The Bertz CT molecular complexity index is 1660. The van der Waals surface area contributed by atoms with Gasteiger partial charge in [0.05, 0.1) is 6.54 Å². The predicted molar refractivity (Wildman–Crippen MR) is 135 cm³/mol. The van der Waals surface area contributed by atoms with Crippen LogP contribution in [0.1, 0.15) is 13.8 Å². The van der Waals surface area contributed by atoms with Crippen LogP contribution in [-0.4, -0.2) is 128 Å². The molecular formula is C25H17F28NO10. The van der Waals surface area contributed by atoms with Gasteiger partial charge in [-0.1, -0.05) is 6.58 Å². The van der Waals surface area contributed by atoms with E-state index in [0.29, 0.717) is 6.08 Å². The first kappa shape index (κ1) is 59.8. The SMILES string of the molecule is C=CC(=O)OCCNC(=O)OCC(C)OC(=O)C(F)(OC(F)(F)C(F)(OC(F)(F)C(F)(OC(F)(F)C(F)(OC(F)(F)C(C)(F)C(F)(F)F)C(F)(F)F)C(F)(F)F)C(F)(F)F)C(F)(F)F. The van der Waals surface area contributed by atoms with Crippen LogP contribution < -0.4 is 5.32 Å². The molecule has 378 valence electrons. The maximum absolute atomic E-state index is 14.9. The van der Waals surface area contributed by atoms with Gasteiger partial charge < -0.3 is 19.5 Å². The Balaban J connectivity index is 7.27. The fourth-order valence-electron chi connectivity index (χ4n) is 3.13. The predicted octanol–water partition coefficient (Wildman–Crippen LogP) is 9.01. The third-order valence-corrected chi connectivity index (χ3v) is 6.54. The molecule has 6 unspecified atom stereocenters. The van der Waals surface area contributed by atoms with Gasteiger partial charge in [0, 0.05) is 6.08 Å². The highest BCUT2D eigenvalue weighted by Gasteiger charge is 2.90. The fraction of sp³-hybridized carbons (Fsp3) is 0.800. The average Bonchev–Trinajstić information content (AvgIpc) is 3.05. The third kappa shape index (κ3) is 12.0. The number of carbonyl (C=O) groups is 3. The second-order valence-electron chi connectivity index (χ2n) is 11.5. The lowest BCUT2D eigenvalue weighted by atomic mass is 10.1. The van der Waals surface area contributed by atoms with Gasteiger partial charge in [-0.25, -0.2) is 18.8 Å². The van der Waals surface area contributed by atoms with Crippen LogP contribution >= 0.6 is 0 Å². The Hall–Kier alpha value is -4.17. The first-order valence-corrected chi connectivity index (χ1v) is 14.7. The number of rotatable bonds is 20. The Kier molecular flexibility index (Phi) is 17.1. The first-order valence-electron chi connectivity index (χ1n) is 14.7. The van der Waals surface area contributed by atoms with Crippen molar-refractivity contribution in [2.75, 3.05) is 19.8 Å². The van der Waals surface area contributed by atoms with Crippen LogP contribution in [0.3, 0.4) is 0 Å². The van der Waals surface area contributed by atoms with E-state index < -0.39 is 135 Å². The van der Waals surface area contributed by atoms with Crippen molar-refractivity contribution in [1.29, 1.82) is 0 Å². The molecule has 0 aromatic carbocycles. The average molecular weight is 1020 g/mol. The van der Waals surface area contributed by atoms with Gasteiger partial charge in [-0.2, -0.15) is 119 Å². The summed E-state index contributed by atoms with van der Waals surface area (Å²) in [6, 6.07) is 0. The minimum Gasteiger partial charge on any atom is -0.461 e. The molecule has 11 nitrogen and oxygen atoms in total. The maximum Gasteiger partial charge on any atom is 0.460 e. The molecule has 0 saturated carbocycles. The second kappa shape index (κ2) is 18.2. The molecule has 0 aliphatic heterocycles. The molecule has 39 heteroatoms. The normalized spacial score (nSPS) is 19.4. The molecule has 1 N–H and O–H groups in total. The number of amides is 1. The molecule has 0 fully saturated rings. The van der Waals surface area contributed by atoms with E-state index in [2.05, 4.69) is 20.8 Å². The lowest BCUT2D eigenvalue weighted by Crippen LogP contribution is -2.72. The number of halogens is 28.